The van der Waals surface area contributed by atoms with Gasteiger partial charge >= 0.3 is 0 Å². The molecule has 2 rings (SSSR count). The number of halogens is 2. The number of phenolic OH excluding ortho intramolecular Hbond substituents is 2. The van der Waals surface area contributed by atoms with Crippen LogP contribution in [-0.2, 0) is 4.79 Å². The molecule has 0 atom stereocenters. The van der Waals surface area contributed by atoms with Gasteiger partial charge in [-0.3, -0.25) is 9.59 Å². The van der Waals surface area contributed by atoms with Crippen LogP contribution in [0.4, 0.5) is 0 Å². The summed E-state index contributed by atoms with van der Waals surface area (Å²) in [5.74, 6) is -6.70. The number of allylic oxidation sites excluding steroid dienone is 1. The molecule has 0 fully saturated rings. The molecule has 8 heteroatoms. The summed E-state index contributed by atoms with van der Waals surface area (Å²) in [7, 11) is 0. The maximum Gasteiger partial charge on any atom is 0.271 e. The Labute approximate surface area is 109 Å². The number of rotatable bonds is 0. The molecule has 0 unspecified atom stereocenters. The van der Waals surface area contributed by atoms with Crippen LogP contribution in [0.2, 0.25) is 10.0 Å². The molecule has 94 valence electrons. The maximum absolute atomic E-state index is 11.6. The third kappa shape index (κ3) is 1.36. The molecule has 18 heavy (non-hydrogen) atoms. The van der Waals surface area contributed by atoms with E-state index in [0.717, 1.165) is 0 Å². The highest BCUT2D eigenvalue weighted by Gasteiger charge is 2.39. The Morgan fingerprint density at radius 2 is 1.11 bits per heavy atom. The minimum atomic E-state index is -1.42. The van der Waals surface area contributed by atoms with E-state index in [-0.39, 0.29) is 0 Å². The number of aliphatic hydroxyl groups excluding tert-OH is 2. The van der Waals surface area contributed by atoms with Crippen molar-refractivity contribution in [1.82, 2.24) is 0 Å². The van der Waals surface area contributed by atoms with E-state index < -0.39 is 55.8 Å². The van der Waals surface area contributed by atoms with Crippen molar-refractivity contribution in [2.45, 2.75) is 0 Å². The standard InChI is InChI=1S/C10H4Cl2O6/c11-3-4(12)6(14)2-1(5(3)13)7(15)9(17)10(18)8(2)16/h13-15,17H. The smallest absolute Gasteiger partial charge is 0.271 e. The van der Waals surface area contributed by atoms with Crippen LogP contribution in [0.25, 0.3) is 5.76 Å². The maximum atomic E-state index is 11.6. The number of aliphatic hydroxyl groups is 2. The molecule has 1 aliphatic rings. The first-order valence-corrected chi connectivity index (χ1v) is 5.19. The van der Waals surface area contributed by atoms with Crippen LogP contribution in [0.15, 0.2) is 5.76 Å². The number of ketones is 2. The Balaban J connectivity index is 3.01. The van der Waals surface area contributed by atoms with Gasteiger partial charge in [-0.1, -0.05) is 23.2 Å². The predicted molar refractivity (Wildman–Crippen MR) is 61.3 cm³/mol. The molecule has 1 aromatic rings. The van der Waals surface area contributed by atoms with Crippen molar-refractivity contribution in [3.05, 3.63) is 26.9 Å². The fourth-order valence-corrected chi connectivity index (χ4v) is 1.93. The molecule has 4 N–H and O–H groups in total. The van der Waals surface area contributed by atoms with E-state index in [2.05, 4.69) is 0 Å². The van der Waals surface area contributed by atoms with Crippen LogP contribution in [-0.4, -0.2) is 32.0 Å². The first-order chi connectivity index (χ1) is 8.29. The third-order valence-corrected chi connectivity index (χ3v) is 3.27. The summed E-state index contributed by atoms with van der Waals surface area (Å²) >= 11 is 11.1. The van der Waals surface area contributed by atoms with Crippen molar-refractivity contribution < 1.29 is 30.0 Å². The molecule has 0 spiro atoms. The molecular formula is C10H4Cl2O6. The third-order valence-electron chi connectivity index (χ3n) is 2.44. The van der Waals surface area contributed by atoms with Crippen LogP contribution in [0.5, 0.6) is 11.5 Å². The molecule has 1 aromatic carbocycles. The first kappa shape index (κ1) is 12.5. The lowest BCUT2D eigenvalue weighted by Crippen LogP contribution is -2.24. The summed E-state index contributed by atoms with van der Waals surface area (Å²) in [5, 5.41) is 37.0. The van der Waals surface area contributed by atoms with Crippen LogP contribution in [0.3, 0.4) is 0 Å². The number of Topliss-reactive ketones (excluding diaryl/α,β-unsaturated/α-hetero) is 2. The highest BCUT2D eigenvalue weighted by atomic mass is 35.5. The van der Waals surface area contributed by atoms with Crippen molar-refractivity contribution in [2.24, 2.45) is 0 Å². The number of carbonyl (C=O) groups excluding carboxylic acids is 2. The van der Waals surface area contributed by atoms with Crippen molar-refractivity contribution >= 4 is 40.5 Å². The summed E-state index contributed by atoms with van der Waals surface area (Å²) in [6, 6.07) is 0. The van der Waals surface area contributed by atoms with Crippen LogP contribution < -0.4 is 0 Å². The second kappa shape index (κ2) is 3.79. The zero-order valence-electron chi connectivity index (χ0n) is 8.36. The van der Waals surface area contributed by atoms with E-state index in [0.29, 0.717) is 0 Å². The Morgan fingerprint density at radius 1 is 0.667 bits per heavy atom. The van der Waals surface area contributed by atoms with Crippen LogP contribution in [0, 0.1) is 0 Å². The molecule has 0 aromatic heterocycles. The molecule has 0 heterocycles. The number of benzene rings is 1. The van der Waals surface area contributed by atoms with Crippen molar-refractivity contribution in [2.75, 3.05) is 0 Å². The van der Waals surface area contributed by atoms with E-state index in [9.17, 15) is 30.0 Å². The summed E-state index contributed by atoms with van der Waals surface area (Å²) < 4.78 is 0. The summed E-state index contributed by atoms with van der Waals surface area (Å²) in [6.45, 7) is 0. The molecule has 1 aliphatic carbocycles. The zero-order chi connectivity index (χ0) is 13.8. The van der Waals surface area contributed by atoms with Gasteiger partial charge < -0.3 is 20.4 Å². The fourth-order valence-electron chi connectivity index (χ4n) is 1.56. The fraction of sp³-hybridized carbons (Fsp3) is 0. The average molecular weight is 291 g/mol. The lowest BCUT2D eigenvalue weighted by Gasteiger charge is -2.18. The van der Waals surface area contributed by atoms with Gasteiger partial charge in [-0.05, 0) is 0 Å². The molecule has 0 amide bonds. The summed E-state index contributed by atoms with van der Waals surface area (Å²) in [6.07, 6.45) is 0. The molecule has 0 saturated carbocycles. The highest BCUT2D eigenvalue weighted by Crippen LogP contribution is 2.48. The molecule has 0 aliphatic heterocycles. The monoisotopic (exact) mass is 290 g/mol. The van der Waals surface area contributed by atoms with E-state index in [1.54, 1.807) is 0 Å². The number of hydrogen-bond acceptors (Lipinski definition) is 6. The van der Waals surface area contributed by atoms with Gasteiger partial charge in [0.05, 0.1) is 11.1 Å². The summed E-state index contributed by atoms with van der Waals surface area (Å²) in [4.78, 5) is 22.9. The van der Waals surface area contributed by atoms with Crippen LogP contribution >= 0.6 is 23.2 Å². The molecular weight excluding hydrogens is 287 g/mol. The zero-order valence-corrected chi connectivity index (χ0v) is 9.87. The van der Waals surface area contributed by atoms with Crippen LogP contribution in [0.1, 0.15) is 15.9 Å². The highest BCUT2D eigenvalue weighted by molar-refractivity contribution is 6.53. The van der Waals surface area contributed by atoms with E-state index in [4.69, 9.17) is 23.2 Å². The largest absolute Gasteiger partial charge is 0.506 e. The molecule has 6 nitrogen and oxygen atoms in total. The number of carbonyl (C=O) groups is 2. The topological polar surface area (TPSA) is 115 Å². The first-order valence-electron chi connectivity index (χ1n) is 4.43. The molecule has 0 bridgehead atoms. The lowest BCUT2D eigenvalue weighted by molar-refractivity contribution is -0.114. The van der Waals surface area contributed by atoms with Crippen molar-refractivity contribution in [3.63, 3.8) is 0 Å². The second-order valence-electron chi connectivity index (χ2n) is 3.43. The Hall–Kier alpha value is -1.92. The Morgan fingerprint density at radius 3 is 1.61 bits per heavy atom. The second-order valence-corrected chi connectivity index (χ2v) is 4.19. The van der Waals surface area contributed by atoms with Gasteiger partial charge in [-0.2, -0.15) is 0 Å². The minimum absolute atomic E-state index is 0.519. The van der Waals surface area contributed by atoms with Gasteiger partial charge in [0.25, 0.3) is 5.78 Å². The number of fused-ring (bicyclic) bond motifs is 1. The van der Waals surface area contributed by atoms with Gasteiger partial charge in [0.15, 0.2) is 5.76 Å². The molecule has 0 saturated heterocycles. The van der Waals surface area contributed by atoms with Gasteiger partial charge in [-0.15, -0.1) is 0 Å². The van der Waals surface area contributed by atoms with Crippen molar-refractivity contribution in [3.8, 4) is 11.5 Å². The average Bonchev–Trinajstić information content (AvgIpc) is 2.35. The normalized spacial score (nSPS) is 15.0. The van der Waals surface area contributed by atoms with Gasteiger partial charge in [0, 0.05) is 0 Å². The molecule has 0 radical (unpaired) electrons. The Bertz CT molecular complexity index is 647. The van der Waals surface area contributed by atoms with E-state index >= 15 is 0 Å². The number of aromatic hydroxyl groups is 2. The van der Waals surface area contributed by atoms with Gasteiger partial charge in [-0.25, -0.2) is 0 Å². The minimum Gasteiger partial charge on any atom is -0.506 e. The number of hydrogen-bond donors (Lipinski definition) is 4. The van der Waals surface area contributed by atoms with E-state index in [1.165, 1.54) is 0 Å². The number of phenols is 2. The van der Waals surface area contributed by atoms with Crippen molar-refractivity contribution in [1.29, 1.82) is 0 Å². The Kier molecular flexibility index (Phi) is 2.64. The van der Waals surface area contributed by atoms with Gasteiger partial charge in [0.1, 0.15) is 21.5 Å². The summed E-state index contributed by atoms with van der Waals surface area (Å²) in [5.41, 5.74) is -1.34. The van der Waals surface area contributed by atoms with E-state index in [1.807, 2.05) is 0 Å². The van der Waals surface area contributed by atoms with Gasteiger partial charge in [0.2, 0.25) is 11.5 Å². The quantitative estimate of drug-likeness (QED) is 0.429. The lowest BCUT2D eigenvalue weighted by atomic mass is 9.91. The predicted octanol–water partition coefficient (Wildman–Crippen LogP) is 1.95. The SMILES string of the molecule is O=C1C(=O)c2c(O)c(Cl)c(Cl)c(O)c2C(O)=C1O.